The van der Waals surface area contributed by atoms with Gasteiger partial charge in [0.2, 0.25) is 11.8 Å². The van der Waals surface area contributed by atoms with Gasteiger partial charge >= 0.3 is 0 Å². The number of carbonyl (C=O) groups excluding carboxylic acids is 2. The minimum absolute atomic E-state index is 0.0159. The van der Waals surface area contributed by atoms with E-state index in [1.54, 1.807) is 0 Å². The van der Waals surface area contributed by atoms with Crippen LogP contribution in [0.1, 0.15) is 13.3 Å². The Morgan fingerprint density at radius 2 is 2.20 bits per heavy atom. The zero-order valence-electron chi connectivity index (χ0n) is 8.88. The third-order valence-electron chi connectivity index (χ3n) is 3.18. The Hall–Kier alpha value is -1.10. The molecule has 0 aromatic rings. The van der Waals surface area contributed by atoms with E-state index in [9.17, 15) is 9.59 Å². The maximum Gasteiger partial charge on any atom is 0.225 e. The lowest BCUT2D eigenvalue weighted by atomic mass is 9.97. The van der Waals surface area contributed by atoms with Crippen LogP contribution in [0.15, 0.2) is 0 Å². The zero-order chi connectivity index (χ0) is 10.8. The molecule has 2 aliphatic heterocycles. The summed E-state index contributed by atoms with van der Waals surface area (Å²) in [5.74, 6) is 0.544. The van der Waals surface area contributed by atoms with Gasteiger partial charge in [-0.05, 0) is 12.5 Å². The van der Waals surface area contributed by atoms with Gasteiger partial charge in [-0.1, -0.05) is 6.92 Å². The van der Waals surface area contributed by atoms with Gasteiger partial charge in [-0.2, -0.15) is 0 Å². The second kappa shape index (κ2) is 4.18. The van der Waals surface area contributed by atoms with Crippen LogP contribution in [0.4, 0.5) is 0 Å². The second-order valence-electron chi connectivity index (χ2n) is 4.46. The molecule has 0 aliphatic carbocycles. The number of carbonyl (C=O) groups is 2. The van der Waals surface area contributed by atoms with Crippen LogP contribution < -0.4 is 16.0 Å². The fourth-order valence-corrected chi connectivity index (χ4v) is 2.18. The molecule has 5 heteroatoms. The fraction of sp³-hybridized carbons (Fsp3) is 0.800. The third-order valence-corrected chi connectivity index (χ3v) is 3.18. The first-order valence-electron chi connectivity index (χ1n) is 5.44. The van der Waals surface area contributed by atoms with Gasteiger partial charge in [-0.15, -0.1) is 0 Å². The van der Waals surface area contributed by atoms with Crippen molar-refractivity contribution in [1.82, 2.24) is 16.0 Å². The topological polar surface area (TPSA) is 70.2 Å². The average Bonchev–Trinajstić information content (AvgIpc) is 2.75. The summed E-state index contributed by atoms with van der Waals surface area (Å²) < 4.78 is 0. The van der Waals surface area contributed by atoms with Gasteiger partial charge in [0.1, 0.15) is 0 Å². The molecule has 5 nitrogen and oxygen atoms in total. The molecule has 2 saturated heterocycles. The van der Waals surface area contributed by atoms with E-state index < -0.39 is 0 Å². The molecule has 2 heterocycles. The van der Waals surface area contributed by atoms with Crippen molar-refractivity contribution in [2.75, 3.05) is 19.6 Å². The highest BCUT2D eigenvalue weighted by molar-refractivity contribution is 5.83. The molecule has 2 amide bonds. The number of hydrogen-bond donors (Lipinski definition) is 3. The van der Waals surface area contributed by atoms with E-state index in [1.807, 2.05) is 0 Å². The largest absolute Gasteiger partial charge is 0.354 e. The molecule has 0 aromatic heterocycles. The summed E-state index contributed by atoms with van der Waals surface area (Å²) in [4.78, 5) is 22.8. The molecule has 2 fully saturated rings. The Balaban J connectivity index is 1.84. The summed E-state index contributed by atoms with van der Waals surface area (Å²) in [6.45, 7) is 4.29. The Morgan fingerprint density at radius 3 is 2.73 bits per heavy atom. The second-order valence-corrected chi connectivity index (χ2v) is 4.46. The Morgan fingerprint density at radius 1 is 1.40 bits per heavy atom. The van der Waals surface area contributed by atoms with Crippen molar-refractivity contribution in [3.05, 3.63) is 0 Å². The molecule has 1 unspecified atom stereocenters. The predicted molar refractivity (Wildman–Crippen MR) is 55.1 cm³/mol. The quantitative estimate of drug-likeness (QED) is 0.540. The van der Waals surface area contributed by atoms with Gasteiger partial charge in [-0.3, -0.25) is 9.59 Å². The van der Waals surface area contributed by atoms with Crippen LogP contribution in [0, 0.1) is 11.8 Å². The van der Waals surface area contributed by atoms with Crippen LogP contribution in [0.2, 0.25) is 0 Å². The molecular formula is C10H17N3O2. The SMILES string of the molecule is C[C@@H]1CNC[C@H]1C(=O)NC1CNC(=O)C1. The lowest BCUT2D eigenvalue weighted by Gasteiger charge is -2.17. The minimum atomic E-state index is -0.0159. The molecule has 2 aliphatic rings. The summed E-state index contributed by atoms with van der Waals surface area (Å²) >= 11 is 0. The number of nitrogens with one attached hydrogen (secondary N) is 3. The van der Waals surface area contributed by atoms with E-state index in [4.69, 9.17) is 0 Å². The van der Waals surface area contributed by atoms with Crippen LogP contribution in [-0.2, 0) is 9.59 Å². The van der Waals surface area contributed by atoms with Gasteiger partial charge in [0, 0.05) is 19.5 Å². The maximum atomic E-state index is 11.8. The van der Waals surface area contributed by atoms with Crippen LogP contribution in [0.3, 0.4) is 0 Å². The van der Waals surface area contributed by atoms with Crippen LogP contribution in [0.5, 0.6) is 0 Å². The standard InChI is InChI=1S/C10H17N3O2/c1-6-3-11-5-8(6)10(15)13-7-2-9(14)12-4-7/h6-8,11H,2-5H2,1H3,(H,12,14)(H,13,15)/t6-,7?,8-/m1/s1. The first kappa shape index (κ1) is 10.4. The Kier molecular flexibility index (Phi) is 2.90. The maximum absolute atomic E-state index is 11.8. The molecule has 0 bridgehead atoms. The summed E-state index contributed by atoms with van der Waals surface area (Å²) in [7, 11) is 0. The zero-order valence-corrected chi connectivity index (χ0v) is 8.88. The van der Waals surface area contributed by atoms with Crippen LogP contribution in [0.25, 0.3) is 0 Å². The normalized spacial score (nSPS) is 35.3. The third kappa shape index (κ3) is 2.28. The lowest BCUT2D eigenvalue weighted by molar-refractivity contribution is -0.126. The van der Waals surface area contributed by atoms with Crippen molar-refractivity contribution in [2.45, 2.75) is 19.4 Å². The van der Waals surface area contributed by atoms with Crippen molar-refractivity contribution in [2.24, 2.45) is 11.8 Å². The number of rotatable bonds is 2. The van der Waals surface area contributed by atoms with E-state index >= 15 is 0 Å². The Labute approximate surface area is 89.0 Å². The molecule has 3 atom stereocenters. The number of hydrogen-bond acceptors (Lipinski definition) is 3. The van der Waals surface area contributed by atoms with E-state index in [1.165, 1.54) is 0 Å². The first-order chi connectivity index (χ1) is 7.16. The van der Waals surface area contributed by atoms with E-state index in [0.29, 0.717) is 18.9 Å². The summed E-state index contributed by atoms with van der Waals surface area (Å²) in [5.41, 5.74) is 0. The summed E-state index contributed by atoms with van der Waals surface area (Å²) in [6.07, 6.45) is 0.417. The van der Waals surface area contributed by atoms with Crippen molar-refractivity contribution in [1.29, 1.82) is 0 Å². The van der Waals surface area contributed by atoms with Gasteiger partial charge in [0.25, 0.3) is 0 Å². The van der Waals surface area contributed by atoms with Gasteiger partial charge in [-0.25, -0.2) is 0 Å². The van der Waals surface area contributed by atoms with Gasteiger partial charge in [0.15, 0.2) is 0 Å². The van der Waals surface area contributed by atoms with Gasteiger partial charge < -0.3 is 16.0 Å². The molecule has 0 saturated carbocycles. The smallest absolute Gasteiger partial charge is 0.225 e. The number of amides is 2. The van der Waals surface area contributed by atoms with Crippen LogP contribution in [-0.4, -0.2) is 37.5 Å². The predicted octanol–water partition coefficient (Wildman–Crippen LogP) is -1.15. The highest BCUT2D eigenvalue weighted by atomic mass is 16.2. The molecular weight excluding hydrogens is 194 g/mol. The Bertz CT molecular complexity index is 280. The summed E-state index contributed by atoms with van der Waals surface area (Å²) in [5, 5.41) is 8.82. The molecule has 0 radical (unpaired) electrons. The molecule has 84 valence electrons. The van der Waals surface area contributed by atoms with Crippen molar-refractivity contribution in [3.63, 3.8) is 0 Å². The first-order valence-corrected chi connectivity index (χ1v) is 5.44. The van der Waals surface area contributed by atoms with Gasteiger partial charge in [0.05, 0.1) is 12.0 Å². The average molecular weight is 211 g/mol. The highest BCUT2D eigenvalue weighted by Gasteiger charge is 2.32. The molecule has 15 heavy (non-hydrogen) atoms. The lowest BCUT2D eigenvalue weighted by Crippen LogP contribution is -2.42. The monoisotopic (exact) mass is 211 g/mol. The van der Waals surface area contributed by atoms with Crippen molar-refractivity contribution >= 4 is 11.8 Å². The molecule has 0 spiro atoms. The minimum Gasteiger partial charge on any atom is -0.354 e. The van der Waals surface area contributed by atoms with E-state index in [-0.39, 0.29) is 23.8 Å². The van der Waals surface area contributed by atoms with E-state index in [2.05, 4.69) is 22.9 Å². The molecule has 2 rings (SSSR count). The van der Waals surface area contributed by atoms with Crippen molar-refractivity contribution < 1.29 is 9.59 Å². The molecule has 0 aromatic carbocycles. The highest BCUT2D eigenvalue weighted by Crippen LogP contribution is 2.16. The fourth-order valence-electron chi connectivity index (χ4n) is 2.18. The van der Waals surface area contributed by atoms with Crippen molar-refractivity contribution in [3.8, 4) is 0 Å². The summed E-state index contributed by atoms with van der Waals surface area (Å²) in [6, 6.07) is -0.0159. The van der Waals surface area contributed by atoms with Crippen LogP contribution >= 0.6 is 0 Å². The van der Waals surface area contributed by atoms with E-state index in [0.717, 1.165) is 13.1 Å². The molecule has 3 N–H and O–H groups in total.